The van der Waals surface area contributed by atoms with Crippen molar-refractivity contribution < 1.29 is 59.6 Å². The molecule has 180 valence electrons. The van der Waals surface area contributed by atoms with Crippen LogP contribution in [0.5, 0.6) is 5.75 Å². The molecule has 2 fully saturated rings. The van der Waals surface area contributed by atoms with Crippen molar-refractivity contribution in [1.82, 2.24) is 0 Å². The molecular formula is C18H25NO13. The summed E-state index contributed by atoms with van der Waals surface area (Å²) in [5, 5.41) is 80.3. The number of nitro benzene ring substituents is 1. The van der Waals surface area contributed by atoms with Crippen molar-refractivity contribution in [3.63, 3.8) is 0 Å². The molecule has 0 spiro atoms. The molecule has 14 nitrogen and oxygen atoms in total. The van der Waals surface area contributed by atoms with E-state index in [2.05, 4.69) is 0 Å². The fourth-order valence-corrected chi connectivity index (χ4v) is 3.40. The van der Waals surface area contributed by atoms with Crippen LogP contribution >= 0.6 is 0 Å². The third-order valence-corrected chi connectivity index (χ3v) is 5.26. The number of hydrogen-bond donors (Lipinski definition) is 7. The monoisotopic (exact) mass is 463 g/mol. The van der Waals surface area contributed by atoms with Crippen molar-refractivity contribution in [2.45, 2.75) is 61.4 Å². The first kappa shape index (κ1) is 24.7. The first-order valence-electron chi connectivity index (χ1n) is 9.67. The molecule has 1 aromatic rings. The summed E-state index contributed by atoms with van der Waals surface area (Å²) in [6.45, 7) is -1.07. The van der Waals surface area contributed by atoms with Crippen LogP contribution in [0.3, 0.4) is 0 Å². The molecule has 0 unspecified atom stereocenters. The van der Waals surface area contributed by atoms with Gasteiger partial charge in [0.2, 0.25) is 0 Å². The number of nitrogens with zero attached hydrogens (tertiary/aromatic N) is 1. The van der Waals surface area contributed by atoms with E-state index in [1.807, 2.05) is 0 Å². The van der Waals surface area contributed by atoms with Crippen molar-refractivity contribution in [2.24, 2.45) is 0 Å². The van der Waals surface area contributed by atoms with E-state index in [1.54, 1.807) is 0 Å². The summed E-state index contributed by atoms with van der Waals surface area (Å²) in [6.07, 6.45) is -16.1. The fraction of sp³-hybridized carbons (Fsp3) is 0.667. The number of non-ortho nitro benzene ring substituents is 1. The number of rotatable bonds is 7. The summed E-state index contributed by atoms with van der Waals surface area (Å²) >= 11 is 0. The quantitative estimate of drug-likeness (QED) is 0.155. The highest BCUT2D eigenvalue weighted by Gasteiger charge is 2.50. The van der Waals surface area contributed by atoms with Crippen molar-refractivity contribution in [2.75, 3.05) is 13.2 Å². The number of nitro groups is 1. The Bertz CT molecular complexity index is 762. The Hall–Kier alpha value is -1.98. The van der Waals surface area contributed by atoms with E-state index in [9.17, 15) is 45.9 Å². The van der Waals surface area contributed by atoms with Crippen LogP contribution in [-0.4, -0.2) is 115 Å². The van der Waals surface area contributed by atoms with Crippen LogP contribution in [0.15, 0.2) is 24.3 Å². The van der Waals surface area contributed by atoms with Crippen LogP contribution in [-0.2, 0) is 14.2 Å². The Labute approximate surface area is 180 Å². The molecular weight excluding hydrogens is 438 g/mol. The molecule has 0 saturated carbocycles. The maximum atomic E-state index is 10.7. The molecule has 2 aliphatic heterocycles. The van der Waals surface area contributed by atoms with Crippen LogP contribution in [0.4, 0.5) is 5.69 Å². The van der Waals surface area contributed by atoms with Crippen molar-refractivity contribution >= 4 is 5.69 Å². The highest BCUT2D eigenvalue weighted by Crippen LogP contribution is 2.29. The predicted molar refractivity (Wildman–Crippen MR) is 100 cm³/mol. The van der Waals surface area contributed by atoms with Gasteiger partial charge in [-0.3, -0.25) is 10.1 Å². The van der Waals surface area contributed by atoms with Gasteiger partial charge in [-0.25, -0.2) is 0 Å². The minimum Gasteiger partial charge on any atom is -0.491 e. The van der Waals surface area contributed by atoms with E-state index in [0.29, 0.717) is 0 Å². The summed E-state index contributed by atoms with van der Waals surface area (Å²) in [4.78, 5) is 10.1. The molecule has 7 N–H and O–H groups in total. The van der Waals surface area contributed by atoms with E-state index in [-0.39, 0.29) is 18.0 Å². The lowest BCUT2D eigenvalue weighted by Gasteiger charge is -2.45. The second kappa shape index (κ2) is 10.3. The van der Waals surface area contributed by atoms with Crippen LogP contribution < -0.4 is 4.74 Å². The Kier molecular flexibility index (Phi) is 7.94. The average Bonchev–Trinajstić information content (AvgIpc) is 2.78. The lowest BCUT2D eigenvalue weighted by Crippen LogP contribution is -2.64. The van der Waals surface area contributed by atoms with Crippen LogP contribution in [0.2, 0.25) is 0 Å². The lowest BCUT2D eigenvalue weighted by atomic mass is 9.97. The predicted octanol–water partition coefficient (Wildman–Crippen LogP) is -3.40. The molecule has 0 bridgehead atoms. The van der Waals surface area contributed by atoms with E-state index in [4.69, 9.17) is 18.9 Å². The summed E-state index contributed by atoms with van der Waals surface area (Å²) in [7, 11) is 0. The van der Waals surface area contributed by atoms with Gasteiger partial charge in [-0.2, -0.15) is 0 Å². The molecule has 0 amide bonds. The van der Waals surface area contributed by atoms with Gasteiger partial charge in [0.15, 0.2) is 12.6 Å². The summed E-state index contributed by atoms with van der Waals surface area (Å²) < 4.78 is 21.3. The SMILES string of the molecule is O=[N+]([O-])c1ccc(OC[C@H]2O[C@@H](O[C@H]3[C@H](O)[C@@H](O)[C@@H](O)O[C@@H]3CO)[C@H](O)[C@@H](O)[C@H]2O)cc1. The molecule has 0 radical (unpaired) electrons. The molecule has 32 heavy (non-hydrogen) atoms. The normalized spacial score (nSPS) is 40.1. The number of aliphatic hydroxyl groups excluding tert-OH is 7. The summed E-state index contributed by atoms with van der Waals surface area (Å²) in [5.41, 5.74) is -0.155. The Morgan fingerprint density at radius 1 is 0.875 bits per heavy atom. The minimum atomic E-state index is -1.78. The number of ether oxygens (including phenoxy) is 4. The van der Waals surface area contributed by atoms with E-state index >= 15 is 0 Å². The van der Waals surface area contributed by atoms with Crippen molar-refractivity contribution in [3.8, 4) is 5.75 Å². The molecule has 14 heteroatoms. The zero-order valence-corrected chi connectivity index (χ0v) is 16.5. The highest BCUT2D eigenvalue weighted by molar-refractivity contribution is 5.36. The molecule has 0 aliphatic carbocycles. The van der Waals surface area contributed by atoms with Gasteiger partial charge < -0.3 is 54.7 Å². The van der Waals surface area contributed by atoms with Crippen LogP contribution in [0.1, 0.15) is 0 Å². The van der Waals surface area contributed by atoms with E-state index in [0.717, 1.165) is 0 Å². The van der Waals surface area contributed by atoms with Gasteiger partial charge in [0.25, 0.3) is 5.69 Å². The molecule has 2 aliphatic rings. The standard InChI is InChI=1S/C18H25NO13/c20-5-9-16(13(23)14(24)17(26)30-9)32-18-15(25)12(22)11(21)10(31-18)6-29-8-3-1-7(2-4-8)19(27)28/h1-4,9-18,20-26H,5-6H2/t9-,10-,11+,12+,13-,14-,15-,16-,17+,18+/m1/s1. The fourth-order valence-electron chi connectivity index (χ4n) is 3.40. The van der Waals surface area contributed by atoms with Crippen molar-refractivity contribution in [1.29, 1.82) is 0 Å². The second-order valence-electron chi connectivity index (χ2n) is 7.41. The van der Waals surface area contributed by atoms with Gasteiger partial charge >= 0.3 is 0 Å². The number of benzene rings is 1. The van der Waals surface area contributed by atoms with Gasteiger partial charge in [0.1, 0.15) is 61.2 Å². The molecule has 2 heterocycles. The maximum Gasteiger partial charge on any atom is 0.269 e. The van der Waals surface area contributed by atoms with Crippen molar-refractivity contribution in [3.05, 3.63) is 34.4 Å². The lowest BCUT2D eigenvalue weighted by molar-refractivity contribution is -0.384. The highest BCUT2D eigenvalue weighted by atomic mass is 16.7. The number of hydrogen-bond acceptors (Lipinski definition) is 13. The Balaban J connectivity index is 1.67. The van der Waals surface area contributed by atoms with Gasteiger partial charge in [0.05, 0.1) is 11.5 Å². The molecule has 3 rings (SSSR count). The third-order valence-electron chi connectivity index (χ3n) is 5.26. The summed E-state index contributed by atoms with van der Waals surface area (Å²) in [6, 6.07) is 5.05. The Morgan fingerprint density at radius 2 is 1.53 bits per heavy atom. The first-order chi connectivity index (χ1) is 15.1. The van der Waals surface area contributed by atoms with Gasteiger partial charge in [-0.1, -0.05) is 0 Å². The molecule has 1 aromatic carbocycles. The topological polar surface area (TPSA) is 222 Å². The maximum absolute atomic E-state index is 10.7. The first-order valence-corrected chi connectivity index (χ1v) is 9.67. The van der Waals surface area contributed by atoms with Crippen LogP contribution in [0.25, 0.3) is 0 Å². The van der Waals surface area contributed by atoms with Crippen LogP contribution in [0, 0.1) is 10.1 Å². The van der Waals surface area contributed by atoms with E-state index in [1.165, 1.54) is 24.3 Å². The third kappa shape index (κ3) is 5.15. The average molecular weight is 463 g/mol. The van der Waals surface area contributed by atoms with Gasteiger partial charge in [-0.05, 0) is 12.1 Å². The minimum absolute atomic E-state index is 0.155. The Morgan fingerprint density at radius 3 is 2.12 bits per heavy atom. The largest absolute Gasteiger partial charge is 0.491 e. The second-order valence-corrected chi connectivity index (χ2v) is 7.41. The van der Waals surface area contributed by atoms with Gasteiger partial charge in [-0.15, -0.1) is 0 Å². The van der Waals surface area contributed by atoms with Gasteiger partial charge in [0, 0.05) is 12.1 Å². The number of aliphatic hydroxyl groups is 7. The smallest absolute Gasteiger partial charge is 0.269 e. The molecule has 10 atom stereocenters. The zero-order valence-electron chi connectivity index (χ0n) is 16.5. The van der Waals surface area contributed by atoms with E-state index < -0.39 is 72.9 Å². The zero-order chi connectivity index (χ0) is 23.6. The molecule has 2 saturated heterocycles. The molecule has 0 aromatic heterocycles. The summed E-state index contributed by atoms with van der Waals surface area (Å²) in [5.74, 6) is 0.207.